The van der Waals surface area contributed by atoms with Crippen molar-refractivity contribution in [2.45, 2.75) is 77.2 Å². The molecule has 2 amide bonds. The molecule has 4 rings (SSSR count). The minimum absolute atomic E-state index is 0.0513. The minimum atomic E-state index is -0.954. The van der Waals surface area contributed by atoms with E-state index in [4.69, 9.17) is 4.74 Å². The first-order valence-corrected chi connectivity index (χ1v) is 13.4. The van der Waals surface area contributed by atoms with Gasteiger partial charge in [0.2, 0.25) is 17.8 Å². The fourth-order valence-electron chi connectivity index (χ4n) is 5.36. The predicted octanol–water partition coefficient (Wildman–Crippen LogP) is 3.83. The lowest BCUT2D eigenvalue weighted by atomic mass is 10.0. The van der Waals surface area contributed by atoms with Gasteiger partial charge in [-0.2, -0.15) is 0 Å². The predicted molar refractivity (Wildman–Crippen MR) is 136 cm³/mol. The number of nitrogens with one attached hydrogen (secondary N) is 1. The van der Waals surface area contributed by atoms with E-state index in [2.05, 4.69) is 10.3 Å². The molecule has 1 aliphatic carbocycles. The molecule has 1 saturated heterocycles. The largest absolute Gasteiger partial charge is 0.493 e. The van der Waals surface area contributed by atoms with Crippen LogP contribution in [0.25, 0.3) is 0 Å². The van der Waals surface area contributed by atoms with Gasteiger partial charge in [-0.1, -0.05) is 44.6 Å². The highest BCUT2D eigenvalue weighted by atomic mass is 16.5. The van der Waals surface area contributed by atoms with Crippen molar-refractivity contribution in [2.24, 2.45) is 10.9 Å². The van der Waals surface area contributed by atoms with E-state index in [1.165, 1.54) is 37.0 Å². The first-order chi connectivity index (χ1) is 17.5. The van der Waals surface area contributed by atoms with Gasteiger partial charge in [0.05, 0.1) is 18.8 Å². The quantitative estimate of drug-likeness (QED) is 0.377. The summed E-state index contributed by atoms with van der Waals surface area (Å²) in [6, 6.07) is 5.74. The molecule has 2 heterocycles. The van der Waals surface area contributed by atoms with Gasteiger partial charge in [0.25, 0.3) is 0 Å². The monoisotopic (exact) mass is 498 g/mol. The third-order valence-corrected chi connectivity index (χ3v) is 7.31. The summed E-state index contributed by atoms with van der Waals surface area (Å²) in [5.74, 6) is 1.12. The van der Waals surface area contributed by atoms with Crippen LogP contribution in [0.15, 0.2) is 23.2 Å². The van der Waals surface area contributed by atoms with Gasteiger partial charge in [-0.25, -0.2) is 4.99 Å². The zero-order valence-corrected chi connectivity index (χ0v) is 21.0. The molecular weight excluding hydrogens is 460 g/mol. The molecule has 2 aliphatic heterocycles. The summed E-state index contributed by atoms with van der Waals surface area (Å²) in [6.07, 6.45) is 11.1. The molecule has 2 fully saturated rings. The molecule has 0 aromatic heterocycles. The van der Waals surface area contributed by atoms with Gasteiger partial charge in [-0.15, -0.1) is 0 Å². The van der Waals surface area contributed by atoms with Gasteiger partial charge in [0.1, 0.15) is 18.8 Å². The van der Waals surface area contributed by atoms with Crippen LogP contribution in [0.2, 0.25) is 0 Å². The summed E-state index contributed by atoms with van der Waals surface area (Å²) in [7, 11) is 0. The molecule has 0 atom stereocenters. The van der Waals surface area contributed by atoms with Gasteiger partial charge in [0, 0.05) is 18.5 Å². The van der Waals surface area contributed by atoms with E-state index in [-0.39, 0.29) is 18.4 Å². The van der Waals surface area contributed by atoms with Crippen molar-refractivity contribution in [2.75, 3.05) is 26.2 Å². The highest BCUT2D eigenvalue weighted by molar-refractivity contribution is 6.05. The minimum Gasteiger partial charge on any atom is -0.493 e. The van der Waals surface area contributed by atoms with Crippen LogP contribution < -0.4 is 10.1 Å². The molecule has 0 bridgehead atoms. The number of fused-ring (bicyclic) bond motifs is 2. The number of amides is 2. The van der Waals surface area contributed by atoms with E-state index in [1.54, 1.807) is 0 Å². The van der Waals surface area contributed by atoms with Crippen LogP contribution in [0.5, 0.6) is 5.75 Å². The summed E-state index contributed by atoms with van der Waals surface area (Å²) in [6.45, 7) is 1.73. The Hall–Kier alpha value is -3.10. The lowest BCUT2D eigenvalue weighted by molar-refractivity contribution is -0.144. The molecule has 196 valence electrons. The van der Waals surface area contributed by atoms with Crippen molar-refractivity contribution in [3.8, 4) is 5.75 Å². The Balaban J connectivity index is 1.14. The summed E-state index contributed by atoms with van der Waals surface area (Å²) in [5, 5.41) is 12.0. The Morgan fingerprint density at radius 2 is 1.94 bits per heavy atom. The average Bonchev–Trinajstić information content (AvgIpc) is 3.49. The summed E-state index contributed by atoms with van der Waals surface area (Å²) in [5.41, 5.74) is 1.79. The summed E-state index contributed by atoms with van der Waals surface area (Å²) >= 11 is 0. The number of carboxylic acid groups (broad SMARTS) is 1. The zero-order valence-electron chi connectivity index (χ0n) is 21.0. The van der Waals surface area contributed by atoms with Crippen LogP contribution in [0.3, 0.4) is 0 Å². The zero-order chi connectivity index (χ0) is 25.3. The van der Waals surface area contributed by atoms with Crippen LogP contribution in [0.4, 0.5) is 5.69 Å². The molecule has 3 aliphatic rings. The summed E-state index contributed by atoms with van der Waals surface area (Å²) in [4.78, 5) is 43.5. The van der Waals surface area contributed by atoms with Crippen molar-refractivity contribution in [3.63, 3.8) is 0 Å². The number of hydrogen-bond acceptors (Lipinski definition) is 6. The number of aliphatic imine (C=N–C) groups is 1. The molecule has 9 heteroatoms. The Labute approximate surface area is 212 Å². The van der Waals surface area contributed by atoms with Crippen LogP contribution in [-0.2, 0) is 20.9 Å². The van der Waals surface area contributed by atoms with Gasteiger partial charge >= 0.3 is 5.97 Å². The topological polar surface area (TPSA) is 112 Å². The third-order valence-electron chi connectivity index (χ3n) is 7.31. The first-order valence-electron chi connectivity index (χ1n) is 13.4. The Bertz CT molecular complexity index is 973. The van der Waals surface area contributed by atoms with Crippen molar-refractivity contribution in [3.05, 3.63) is 23.8 Å². The van der Waals surface area contributed by atoms with Crippen molar-refractivity contribution >= 4 is 29.4 Å². The number of carbonyl (C=O) groups is 3. The average molecular weight is 499 g/mol. The molecule has 1 saturated carbocycles. The first kappa shape index (κ1) is 26.0. The van der Waals surface area contributed by atoms with E-state index >= 15 is 0 Å². The number of aliphatic carboxylic acids is 1. The van der Waals surface area contributed by atoms with Gasteiger partial charge in [-0.05, 0) is 43.7 Å². The third kappa shape index (κ3) is 7.21. The number of unbranched alkanes of at least 4 members (excludes halogenated alkanes) is 3. The fraction of sp³-hybridized carbons (Fsp3) is 0.630. The normalized spacial score (nSPS) is 16.8. The number of guanidine groups is 1. The molecular formula is C27H38N4O5. The lowest BCUT2D eigenvalue weighted by Gasteiger charge is -2.24. The van der Waals surface area contributed by atoms with Crippen LogP contribution in [0, 0.1) is 5.92 Å². The fourth-order valence-corrected chi connectivity index (χ4v) is 5.36. The summed E-state index contributed by atoms with van der Waals surface area (Å²) < 4.78 is 6.02. The standard InChI is InChI=1S/C27H38N4O5/c32-24-18-31-17-21-22(28-27(31)29-24)12-8-13-23(21)36-16-7-1-2-14-25(33)30(19-26(34)35)15-6-5-11-20-9-3-4-10-20/h8,12-13,20H,1-7,9-11,14-19H2,(H,34,35)(H,28,29,32). The second-order valence-electron chi connectivity index (χ2n) is 10.1. The maximum atomic E-state index is 12.6. The van der Waals surface area contributed by atoms with Gasteiger partial charge in [0.15, 0.2) is 0 Å². The van der Waals surface area contributed by atoms with E-state index in [9.17, 15) is 19.5 Å². The molecule has 9 nitrogen and oxygen atoms in total. The van der Waals surface area contributed by atoms with Gasteiger partial charge < -0.3 is 19.6 Å². The van der Waals surface area contributed by atoms with Gasteiger partial charge in [-0.3, -0.25) is 19.7 Å². The Kier molecular flexibility index (Phi) is 9.19. The Morgan fingerprint density at radius 3 is 2.75 bits per heavy atom. The van der Waals surface area contributed by atoms with Crippen molar-refractivity contribution in [1.82, 2.24) is 15.1 Å². The Morgan fingerprint density at radius 1 is 1.11 bits per heavy atom. The van der Waals surface area contributed by atoms with Crippen molar-refractivity contribution in [1.29, 1.82) is 0 Å². The highest BCUT2D eigenvalue weighted by Crippen LogP contribution is 2.34. The molecule has 1 aromatic rings. The van der Waals surface area contributed by atoms with Crippen LogP contribution in [-0.4, -0.2) is 64.9 Å². The second kappa shape index (κ2) is 12.7. The van der Waals surface area contributed by atoms with Crippen molar-refractivity contribution < 1.29 is 24.2 Å². The van der Waals surface area contributed by atoms with E-state index in [1.807, 2.05) is 23.1 Å². The second-order valence-corrected chi connectivity index (χ2v) is 10.1. The number of benzene rings is 1. The maximum Gasteiger partial charge on any atom is 0.323 e. The lowest BCUT2D eigenvalue weighted by Crippen LogP contribution is -2.36. The van der Waals surface area contributed by atoms with E-state index in [0.717, 1.165) is 48.6 Å². The van der Waals surface area contributed by atoms with Crippen LogP contribution in [0.1, 0.15) is 76.2 Å². The molecule has 1 aromatic carbocycles. The molecule has 2 N–H and O–H groups in total. The number of carboxylic acids is 1. The number of nitrogens with zero attached hydrogens (tertiary/aromatic N) is 3. The molecule has 36 heavy (non-hydrogen) atoms. The van der Waals surface area contributed by atoms with Crippen LogP contribution >= 0.6 is 0 Å². The number of ether oxygens (including phenoxy) is 1. The molecule has 0 unspecified atom stereocenters. The number of rotatable bonds is 14. The van der Waals surface area contributed by atoms with E-state index in [0.29, 0.717) is 45.0 Å². The SMILES string of the molecule is O=C(O)CN(CCCCC1CCCC1)C(=O)CCCCCOc1cccc2c1CN1CC(=O)NC1=N2. The smallest absolute Gasteiger partial charge is 0.323 e. The number of carbonyl (C=O) groups excluding carboxylic acids is 2. The van der Waals surface area contributed by atoms with E-state index < -0.39 is 5.97 Å². The maximum absolute atomic E-state index is 12.6. The number of hydrogen-bond donors (Lipinski definition) is 2. The highest BCUT2D eigenvalue weighted by Gasteiger charge is 2.30. The molecule has 0 radical (unpaired) electrons. The molecule has 0 spiro atoms.